The fourth-order valence-electron chi connectivity index (χ4n) is 2.97. The summed E-state index contributed by atoms with van der Waals surface area (Å²) in [5.74, 6) is -0.205. The smallest absolute Gasteiger partial charge is 0.272 e. The molecule has 0 saturated heterocycles. The predicted molar refractivity (Wildman–Crippen MR) is 119 cm³/mol. The lowest BCUT2D eigenvalue weighted by atomic mass is 10.0. The first-order valence-corrected chi connectivity index (χ1v) is 9.54. The zero-order valence-corrected chi connectivity index (χ0v) is 17.3. The minimum absolute atomic E-state index is 0.205. The van der Waals surface area contributed by atoms with Crippen LogP contribution in [0.4, 0.5) is 5.69 Å². The number of likely N-dealkylation sites (N-methyl/N-ethyl adjacent to an activating group) is 2. The monoisotopic (exact) mass is 412 g/mol. The lowest BCUT2D eigenvalue weighted by Crippen LogP contribution is -2.49. The van der Waals surface area contributed by atoms with Gasteiger partial charge in [-0.25, -0.2) is 4.99 Å². The molecule has 1 aliphatic heterocycles. The number of rotatable bonds is 4. The van der Waals surface area contributed by atoms with Gasteiger partial charge in [-0.3, -0.25) is 4.79 Å². The van der Waals surface area contributed by atoms with Crippen molar-refractivity contribution in [3.8, 4) is 0 Å². The van der Waals surface area contributed by atoms with Crippen LogP contribution in [0.1, 0.15) is 11.1 Å². The van der Waals surface area contributed by atoms with Crippen LogP contribution in [0, 0.1) is 0 Å². The van der Waals surface area contributed by atoms with Gasteiger partial charge in [0.25, 0.3) is 5.91 Å². The van der Waals surface area contributed by atoms with Gasteiger partial charge < -0.3 is 15.1 Å². The van der Waals surface area contributed by atoms with Crippen molar-refractivity contribution in [1.29, 1.82) is 0 Å². The number of aliphatic imine (C=N–C) groups is 1. The molecule has 1 N–H and O–H groups in total. The summed E-state index contributed by atoms with van der Waals surface area (Å²) in [7, 11) is 3.56. The summed E-state index contributed by atoms with van der Waals surface area (Å²) in [5, 5.41) is 4.07. The Balaban J connectivity index is 2.10. The maximum atomic E-state index is 13.1. The number of benzodiazepines with no additional fused rings is 1. The number of nitrogens with one attached hydrogen (secondary N) is 1. The number of carbonyl (C=O) groups excluding carboxylic acids is 1. The largest absolute Gasteiger partial charge is 0.349 e. The molecule has 0 radical (unpaired) electrons. The molecule has 0 bridgehead atoms. The second kappa shape index (κ2) is 8.54. The Hall–Kier alpha value is -2.70. The van der Waals surface area contributed by atoms with E-state index in [-0.39, 0.29) is 5.91 Å². The minimum atomic E-state index is -0.855. The molecule has 7 heteroatoms. The fraction of sp³-hybridized carbons (Fsp3) is 0.190. The van der Waals surface area contributed by atoms with Crippen molar-refractivity contribution in [3.63, 3.8) is 0 Å². The molecule has 28 heavy (non-hydrogen) atoms. The van der Waals surface area contributed by atoms with E-state index >= 15 is 0 Å². The Kier molecular flexibility index (Phi) is 6.11. The molecule has 0 aromatic heterocycles. The quantitative estimate of drug-likeness (QED) is 0.617. The van der Waals surface area contributed by atoms with Gasteiger partial charge in [0.1, 0.15) is 0 Å². The van der Waals surface area contributed by atoms with E-state index in [0.29, 0.717) is 22.4 Å². The SMILES string of the molecule is C=CCN(C)C(=S)NC1N=C(c2ccccc2)c2cc(Cl)ccc2N(C)C1=O. The number of hydrogen-bond acceptors (Lipinski definition) is 3. The van der Waals surface area contributed by atoms with Gasteiger partial charge in [-0.2, -0.15) is 0 Å². The van der Waals surface area contributed by atoms with E-state index in [1.54, 1.807) is 29.0 Å². The van der Waals surface area contributed by atoms with Crippen molar-refractivity contribution in [2.45, 2.75) is 6.17 Å². The molecular formula is C21H21ClN4OS. The van der Waals surface area contributed by atoms with Crippen molar-refractivity contribution in [3.05, 3.63) is 77.3 Å². The Morgan fingerprint density at radius 3 is 2.75 bits per heavy atom. The van der Waals surface area contributed by atoms with Gasteiger partial charge in [0.15, 0.2) is 5.11 Å². The average Bonchev–Trinajstić information content (AvgIpc) is 2.79. The van der Waals surface area contributed by atoms with Gasteiger partial charge in [-0.05, 0) is 30.4 Å². The lowest BCUT2D eigenvalue weighted by Gasteiger charge is -2.25. The standard InChI is InChI=1S/C21H21ClN4OS/c1-4-12-25(2)21(28)24-19-20(27)26(3)17-11-10-15(22)13-16(17)18(23-19)14-8-6-5-7-9-14/h4-11,13,19H,1,12H2,2-3H3,(H,24,28). The summed E-state index contributed by atoms with van der Waals surface area (Å²) < 4.78 is 0. The molecule has 1 atom stereocenters. The van der Waals surface area contributed by atoms with Gasteiger partial charge in [-0.1, -0.05) is 48.0 Å². The number of hydrogen-bond donors (Lipinski definition) is 1. The summed E-state index contributed by atoms with van der Waals surface area (Å²) in [6.45, 7) is 4.28. The number of fused-ring (bicyclic) bond motifs is 1. The molecular weight excluding hydrogens is 392 g/mol. The first-order chi connectivity index (χ1) is 13.4. The summed E-state index contributed by atoms with van der Waals surface area (Å²) >= 11 is 11.7. The molecule has 2 aromatic carbocycles. The van der Waals surface area contributed by atoms with Crippen LogP contribution in [-0.2, 0) is 4.79 Å². The Morgan fingerprint density at radius 1 is 1.36 bits per heavy atom. The van der Waals surface area contributed by atoms with Crippen LogP contribution in [0.5, 0.6) is 0 Å². The van der Waals surface area contributed by atoms with Crippen LogP contribution < -0.4 is 10.2 Å². The summed E-state index contributed by atoms with van der Waals surface area (Å²) in [6.07, 6.45) is 0.886. The molecule has 0 spiro atoms. The summed E-state index contributed by atoms with van der Waals surface area (Å²) in [4.78, 5) is 21.2. The van der Waals surface area contributed by atoms with Crippen LogP contribution in [0.15, 0.2) is 66.2 Å². The van der Waals surface area contributed by atoms with Crippen LogP contribution in [0.25, 0.3) is 0 Å². The maximum Gasteiger partial charge on any atom is 0.272 e. The highest BCUT2D eigenvalue weighted by atomic mass is 35.5. The number of anilines is 1. The molecule has 1 amide bonds. The lowest BCUT2D eigenvalue weighted by molar-refractivity contribution is -0.119. The Morgan fingerprint density at radius 2 is 2.07 bits per heavy atom. The van der Waals surface area contributed by atoms with Gasteiger partial charge in [0.2, 0.25) is 6.17 Å². The van der Waals surface area contributed by atoms with E-state index in [4.69, 9.17) is 28.8 Å². The molecule has 1 unspecified atom stereocenters. The molecule has 144 valence electrons. The number of thiocarbonyl (C=S) groups is 1. The number of nitrogens with zero attached hydrogens (tertiary/aromatic N) is 3. The zero-order valence-electron chi connectivity index (χ0n) is 15.7. The average molecular weight is 413 g/mol. The predicted octanol–water partition coefficient (Wildman–Crippen LogP) is 3.47. The molecule has 1 heterocycles. The molecule has 2 aromatic rings. The van der Waals surface area contributed by atoms with E-state index < -0.39 is 6.17 Å². The molecule has 5 nitrogen and oxygen atoms in total. The molecule has 3 rings (SSSR count). The third-order valence-electron chi connectivity index (χ3n) is 4.45. The topological polar surface area (TPSA) is 47.9 Å². The van der Waals surface area contributed by atoms with E-state index in [2.05, 4.69) is 11.9 Å². The highest BCUT2D eigenvalue weighted by Gasteiger charge is 2.31. The first-order valence-electron chi connectivity index (χ1n) is 8.75. The third-order valence-corrected chi connectivity index (χ3v) is 5.12. The number of carbonyl (C=O) groups is 1. The third kappa shape index (κ3) is 4.08. The van der Waals surface area contributed by atoms with E-state index in [9.17, 15) is 4.79 Å². The van der Waals surface area contributed by atoms with E-state index in [1.165, 1.54) is 0 Å². The highest BCUT2D eigenvalue weighted by molar-refractivity contribution is 7.80. The highest BCUT2D eigenvalue weighted by Crippen LogP contribution is 2.29. The summed E-state index contributed by atoms with van der Waals surface area (Å²) in [5.41, 5.74) is 3.12. The van der Waals surface area contributed by atoms with Crippen LogP contribution in [-0.4, -0.2) is 48.4 Å². The number of halogens is 1. The van der Waals surface area contributed by atoms with E-state index in [1.807, 2.05) is 49.5 Å². The van der Waals surface area contributed by atoms with Crippen LogP contribution in [0.2, 0.25) is 5.02 Å². The molecule has 1 aliphatic rings. The van der Waals surface area contributed by atoms with Gasteiger partial charge >= 0.3 is 0 Å². The first kappa shape index (κ1) is 20.0. The van der Waals surface area contributed by atoms with Crippen molar-refractivity contribution in [2.75, 3.05) is 25.5 Å². The van der Waals surface area contributed by atoms with Crippen molar-refractivity contribution < 1.29 is 4.79 Å². The maximum absolute atomic E-state index is 13.1. The molecule has 0 fully saturated rings. The second-order valence-corrected chi connectivity index (χ2v) is 7.25. The minimum Gasteiger partial charge on any atom is -0.349 e. The fourth-order valence-corrected chi connectivity index (χ4v) is 3.33. The Labute approximate surface area is 175 Å². The number of amides is 1. The van der Waals surface area contributed by atoms with E-state index in [0.717, 1.165) is 16.8 Å². The van der Waals surface area contributed by atoms with Crippen molar-refractivity contribution in [2.24, 2.45) is 4.99 Å². The second-order valence-electron chi connectivity index (χ2n) is 6.42. The van der Waals surface area contributed by atoms with Crippen molar-refractivity contribution >= 4 is 46.2 Å². The van der Waals surface area contributed by atoms with Crippen molar-refractivity contribution in [1.82, 2.24) is 10.2 Å². The molecule has 0 aliphatic carbocycles. The van der Waals surface area contributed by atoms with Crippen LogP contribution >= 0.6 is 23.8 Å². The normalized spacial score (nSPS) is 16.0. The van der Waals surface area contributed by atoms with Gasteiger partial charge in [0, 0.05) is 36.8 Å². The molecule has 0 saturated carbocycles. The van der Waals surface area contributed by atoms with Gasteiger partial charge in [0.05, 0.1) is 11.4 Å². The van der Waals surface area contributed by atoms with Gasteiger partial charge in [-0.15, -0.1) is 6.58 Å². The zero-order chi connectivity index (χ0) is 20.3. The number of benzene rings is 2. The van der Waals surface area contributed by atoms with Crippen LogP contribution in [0.3, 0.4) is 0 Å². The summed E-state index contributed by atoms with van der Waals surface area (Å²) in [6, 6.07) is 15.1. The Bertz CT molecular complexity index is 945.